The Kier molecular flexibility index (Phi) is 5.63. The first kappa shape index (κ1) is 14.6. The highest BCUT2D eigenvalue weighted by molar-refractivity contribution is 5.29. The molecule has 0 aliphatic rings. The Morgan fingerprint density at radius 2 is 1.70 bits per heavy atom. The molecule has 2 rings (SSSR count). The van der Waals surface area contributed by atoms with Gasteiger partial charge >= 0.3 is 0 Å². The third-order valence-electron chi connectivity index (χ3n) is 3.54. The van der Waals surface area contributed by atoms with Gasteiger partial charge in [-0.1, -0.05) is 49.4 Å². The zero-order valence-corrected chi connectivity index (χ0v) is 12.3. The van der Waals surface area contributed by atoms with Crippen molar-refractivity contribution in [1.82, 2.24) is 5.32 Å². The normalized spacial score (nSPS) is 12.1. The van der Waals surface area contributed by atoms with Crippen molar-refractivity contribution >= 4 is 0 Å². The van der Waals surface area contributed by atoms with Crippen molar-refractivity contribution in [2.75, 3.05) is 13.7 Å². The van der Waals surface area contributed by atoms with E-state index >= 15 is 0 Å². The fourth-order valence-corrected chi connectivity index (χ4v) is 2.33. The van der Waals surface area contributed by atoms with E-state index in [0.717, 1.165) is 18.6 Å². The van der Waals surface area contributed by atoms with Crippen molar-refractivity contribution in [1.29, 1.82) is 0 Å². The maximum atomic E-state index is 5.79. The quantitative estimate of drug-likeness (QED) is 0.821. The van der Waals surface area contributed by atoms with Gasteiger partial charge in [-0.15, -0.1) is 0 Å². The summed E-state index contributed by atoms with van der Waals surface area (Å²) >= 11 is 0. The van der Waals surface area contributed by atoms with Crippen LogP contribution in [-0.4, -0.2) is 13.7 Å². The van der Waals surface area contributed by atoms with E-state index in [0.29, 0.717) is 12.6 Å². The van der Waals surface area contributed by atoms with Gasteiger partial charge in [0.1, 0.15) is 5.75 Å². The molecule has 0 aliphatic heterocycles. The van der Waals surface area contributed by atoms with Crippen molar-refractivity contribution in [3.05, 3.63) is 65.7 Å². The molecule has 20 heavy (non-hydrogen) atoms. The molecule has 0 aliphatic carbocycles. The van der Waals surface area contributed by atoms with Crippen LogP contribution in [0, 0.1) is 0 Å². The molecule has 106 valence electrons. The Labute approximate surface area is 121 Å². The van der Waals surface area contributed by atoms with Crippen molar-refractivity contribution in [2.24, 2.45) is 0 Å². The summed E-state index contributed by atoms with van der Waals surface area (Å²) in [5.74, 6) is 0.940. The third kappa shape index (κ3) is 4.10. The Balaban J connectivity index is 1.85. The average molecular weight is 269 g/mol. The van der Waals surface area contributed by atoms with Crippen LogP contribution in [0.3, 0.4) is 0 Å². The van der Waals surface area contributed by atoms with Gasteiger partial charge in [-0.25, -0.2) is 0 Å². The van der Waals surface area contributed by atoms with Crippen LogP contribution in [0.1, 0.15) is 30.5 Å². The fourth-order valence-electron chi connectivity index (χ4n) is 2.33. The maximum absolute atomic E-state index is 5.79. The molecule has 2 aromatic carbocycles. The number of ether oxygens (including phenoxy) is 1. The Morgan fingerprint density at radius 1 is 1.00 bits per heavy atom. The van der Waals surface area contributed by atoms with E-state index in [1.165, 1.54) is 11.1 Å². The molecule has 0 amide bonds. The molecular weight excluding hydrogens is 246 g/mol. The lowest BCUT2D eigenvalue weighted by atomic mass is 10.0. The molecule has 0 aromatic heterocycles. The summed E-state index contributed by atoms with van der Waals surface area (Å²) in [6.45, 7) is 2.90. The van der Waals surface area contributed by atoms with E-state index in [1.807, 2.05) is 13.1 Å². The van der Waals surface area contributed by atoms with E-state index in [9.17, 15) is 0 Å². The number of hydrogen-bond acceptors (Lipinski definition) is 2. The highest BCUT2D eigenvalue weighted by Gasteiger charge is 2.05. The van der Waals surface area contributed by atoms with Gasteiger partial charge < -0.3 is 10.1 Å². The van der Waals surface area contributed by atoms with Gasteiger partial charge in [-0.2, -0.15) is 0 Å². The molecule has 2 nitrogen and oxygen atoms in total. The molecule has 0 heterocycles. The van der Waals surface area contributed by atoms with E-state index in [-0.39, 0.29) is 0 Å². The lowest BCUT2D eigenvalue weighted by Gasteiger charge is -2.14. The summed E-state index contributed by atoms with van der Waals surface area (Å²) < 4.78 is 5.79. The first-order valence-electron chi connectivity index (χ1n) is 7.27. The summed E-state index contributed by atoms with van der Waals surface area (Å²) in [7, 11) is 2.00. The van der Waals surface area contributed by atoms with E-state index in [2.05, 4.69) is 60.8 Å². The van der Waals surface area contributed by atoms with Gasteiger partial charge in [0.05, 0.1) is 6.61 Å². The SMILES string of the molecule is CCC(NC)c1ccc(OCCc2ccccc2)cc1. The van der Waals surface area contributed by atoms with Crippen LogP contribution in [0.2, 0.25) is 0 Å². The molecule has 0 bridgehead atoms. The summed E-state index contributed by atoms with van der Waals surface area (Å²) in [5, 5.41) is 3.31. The number of nitrogens with one attached hydrogen (secondary N) is 1. The lowest BCUT2D eigenvalue weighted by Crippen LogP contribution is -2.14. The minimum absolute atomic E-state index is 0.424. The molecule has 1 unspecified atom stereocenters. The Bertz CT molecular complexity index is 489. The molecule has 2 heteroatoms. The fraction of sp³-hybridized carbons (Fsp3) is 0.333. The highest BCUT2D eigenvalue weighted by Crippen LogP contribution is 2.19. The zero-order chi connectivity index (χ0) is 14.2. The summed E-state index contributed by atoms with van der Waals surface area (Å²) in [5.41, 5.74) is 2.62. The van der Waals surface area contributed by atoms with Crippen molar-refractivity contribution in [3.63, 3.8) is 0 Å². The predicted octanol–water partition coefficient (Wildman–Crippen LogP) is 3.98. The second-order valence-electron chi connectivity index (χ2n) is 4.90. The molecule has 0 saturated carbocycles. The van der Waals surface area contributed by atoms with Crippen molar-refractivity contribution < 1.29 is 4.74 Å². The molecule has 0 saturated heterocycles. The lowest BCUT2D eigenvalue weighted by molar-refractivity contribution is 0.322. The van der Waals surface area contributed by atoms with Crippen LogP contribution in [0.25, 0.3) is 0 Å². The summed E-state index contributed by atoms with van der Waals surface area (Å²) in [4.78, 5) is 0. The Morgan fingerprint density at radius 3 is 2.30 bits per heavy atom. The topological polar surface area (TPSA) is 21.3 Å². The largest absolute Gasteiger partial charge is 0.493 e. The van der Waals surface area contributed by atoms with Crippen LogP contribution < -0.4 is 10.1 Å². The smallest absolute Gasteiger partial charge is 0.119 e. The van der Waals surface area contributed by atoms with Gasteiger partial charge in [-0.05, 0) is 36.7 Å². The number of rotatable bonds is 7. The summed E-state index contributed by atoms with van der Waals surface area (Å²) in [6, 6.07) is 19.2. The number of benzene rings is 2. The molecule has 1 atom stereocenters. The van der Waals surface area contributed by atoms with Gasteiger partial charge in [0, 0.05) is 12.5 Å². The van der Waals surface area contributed by atoms with Crippen molar-refractivity contribution in [2.45, 2.75) is 25.8 Å². The second-order valence-corrected chi connectivity index (χ2v) is 4.90. The standard InChI is InChI=1S/C18H23NO/c1-3-18(19-2)16-9-11-17(12-10-16)20-14-13-15-7-5-4-6-8-15/h4-12,18-19H,3,13-14H2,1-2H3. The minimum atomic E-state index is 0.424. The summed E-state index contributed by atoms with van der Waals surface area (Å²) in [6.07, 6.45) is 2.03. The van der Waals surface area contributed by atoms with Crippen LogP contribution in [0.15, 0.2) is 54.6 Å². The average Bonchev–Trinajstić information content (AvgIpc) is 2.51. The predicted molar refractivity (Wildman–Crippen MR) is 84.2 cm³/mol. The van der Waals surface area contributed by atoms with Crippen LogP contribution >= 0.6 is 0 Å². The molecule has 2 aromatic rings. The first-order chi connectivity index (χ1) is 9.83. The highest BCUT2D eigenvalue weighted by atomic mass is 16.5. The molecule has 0 spiro atoms. The maximum Gasteiger partial charge on any atom is 0.119 e. The molecule has 1 N–H and O–H groups in total. The van der Waals surface area contributed by atoms with Crippen LogP contribution in [-0.2, 0) is 6.42 Å². The molecular formula is C18H23NO. The van der Waals surface area contributed by atoms with Gasteiger partial charge in [-0.3, -0.25) is 0 Å². The zero-order valence-electron chi connectivity index (χ0n) is 12.3. The molecule has 0 fully saturated rings. The first-order valence-corrected chi connectivity index (χ1v) is 7.27. The van der Waals surface area contributed by atoms with E-state index in [1.54, 1.807) is 0 Å². The van der Waals surface area contributed by atoms with Crippen LogP contribution in [0.4, 0.5) is 0 Å². The van der Waals surface area contributed by atoms with Gasteiger partial charge in [0.15, 0.2) is 0 Å². The van der Waals surface area contributed by atoms with Gasteiger partial charge in [0.25, 0.3) is 0 Å². The van der Waals surface area contributed by atoms with Crippen LogP contribution in [0.5, 0.6) is 5.75 Å². The third-order valence-corrected chi connectivity index (χ3v) is 3.54. The van der Waals surface area contributed by atoms with Gasteiger partial charge in [0.2, 0.25) is 0 Å². The monoisotopic (exact) mass is 269 g/mol. The minimum Gasteiger partial charge on any atom is -0.493 e. The number of hydrogen-bond donors (Lipinski definition) is 1. The Hall–Kier alpha value is -1.80. The van der Waals surface area contributed by atoms with Crippen molar-refractivity contribution in [3.8, 4) is 5.75 Å². The van der Waals surface area contributed by atoms with E-state index < -0.39 is 0 Å². The second kappa shape index (κ2) is 7.71. The molecule has 0 radical (unpaired) electrons. The van der Waals surface area contributed by atoms with E-state index in [4.69, 9.17) is 4.74 Å².